The maximum Gasteiger partial charge on any atom is 0.472 e. The van der Waals surface area contributed by atoms with Crippen molar-refractivity contribution >= 4 is 13.7 Å². The van der Waals surface area contributed by atoms with E-state index in [1.807, 2.05) is 27.2 Å². The molecule has 0 bridgehead atoms. The van der Waals surface area contributed by atoms with Gasteiger partial charge in [-0.3, -0.25) is 13.8 Å². The van der Waals surface area contributed by atoms with Crippen LogP contribution in [0.5, 0.6) is 0 Å². The lowest BCUT2D eigenvalue weighted by atomic mass is 10.0. The number of allylic oxidation sites excluding steroid dienone is 7. The molecule has 0 aliphatic heterocycles. The number of phosphoric acid groups is 1. The highest BCUT2D eigenvalue weighted by atomic mass is 31.2. The molecule has 0 aromatic heterocycles. The van der Waals surface area contributed by atoms with E-state index < -0.39 is 20.0 Å². The predicted molar refractivity (Wildman–Crippen MR) is 286 cm³/mol. The molecule has 3 N–H and O–H groups in total. The van der Waals surface area contributed by atoms with Crippen molar-refractivity contribution < 1.29 is 32.9 Å². The number of nitrogens with one attached hydrogen (secondary N) is 1. The van der Waals surface area contributed by atoms with Gasteiger partial charge in [-0.1, -0.05) is 242 Å². The summed E-state index contributed by atoms with van der Waals surface area (Å²) in [7, 11) is 1.57. The third-order valence-corrected chi connectivity index (χ3v) is 13.5. The smallest absolute Gasteiger partial charge is 0.387 e. The number of carbonyl (C=O) groups excluding carboxylic acids is 1. The lowest BCUT2D eigenvalue weighted by molar-refractivity contribution is -0.870. The zero-order chi connectivity index (χ0) is 48.5. The van der Waals surface area contributed by atoms with E-state index in [9.17, 15) is 19.4 Å². The van der Waals surface area contributed by atoms with Crippen molar-refractivity contribution in [1.82, 2.24) is 5.32 Å². The zero-order valence-corrected chi connectivity index (χ0v) is 45.1. The Balaban J connectivity index is 4.25. The molecule has 388 valence electrons. The quantitative estimate of drug-likeness (QED) is 0.0243. The van der Waals surface area contributed by atoms with Gasteiger partial charge in [0.1, 0.15) is 13.2 Å². The Bertz CT molecular complexity index is 1210. The molecule has 0 aliphatic carbocycles. The molecule has 0 heterocycles. The molecule has 0 fully saturated rings. The Morgan fingerprint density at radius 1 is 0.515 bits per heavy atom. The number of hydrogen-bond donors (Lipinski definition) is 3. The predicted octanol–water partition coefficient (Wildman–Crippen LogP) is 16.8. The average molecular weight is 950 g/mol. The molecule has 0 aromatic rings. The number of quaternary nitrogens is 1. The van der Waals surface area contributed by atoms with E-state index in [-0.39, 0.29) is 19.1 Å². The van der Waals surface area contributed by atoms with E-state index >= 15 is 0 Å². The molecule has 0 saturated heterocycles. The van der Waals surface area contributed by atoms with E-state index in [2.05, 4.69) is 55.6 Å². The fourth-order valence-electron chi connectivity index (χ4n) is 8.11. The lowest BCUT2D eigenvalue weighted by Gasteiger charge is -2.25. The molecule has 3 unspecified atom stereocenters. The van der Waals surface area contributed by atoms with Crippen LogP contribution in [0.2, 0.25) is 0 Å². The molecule has 0 aromatic carbocycles. The van der Waals surface area contributed by atoms with Crippen LogP contribution in [0.15, 0.2) is 48.6 Å². The minimum absolute atomic E-state index is 0.0600. The lowest BCUT2D eigenvalue weighted by Crippen LogP contribution is -2.45. The molecule has 0 rings (SSSR count). The van der Waals surface area contributed by atoms with Gasteiger partial charge in [0.25, 0.3) is 0 Å². The van der Waals surface area contributed by atoms with Gasteiger partial charge in [-0.05, 0) is 57.8 Å². The van der Waals surface area contributed by atoms with Crippen LogP contribution in [0, 0.1) is 0 Å². The first kappa shape index (κ1) is 64.5. The Hall–Kier alpha value is -1.54. The van der Waals surface area contributed by atoms with Gasteiger partial charge in [0.15, 0.2) is 0 Å². The first-order valence-electron chi connectivity index (χ1n) is 28.0. The van der Waals surface area contributed by atoms with E-state index in [0.717, 1.165) is 51.4 Å². The number of hydrogen-bond acceptors (Lipinski definition) is 5. The van der Waals surface area contributed by atoms with Crippen LogP contribution in [0.1, 0.15) is 258 Å². The summed E-state index contributed by atoms with van der Waals surface area (Å²) in [6, 6.07) is -0.850. The van der Waals surface area contributed by atoms with Crippen LogP contribution in [0.3, 0.4) is 0 Å². The normalized spacial score (nSPS) is 14.3. The van der Waals surface area contributed by atoms with Crippen LogP contribution in [0.4, 0.5) is 0 Å². The summed E-state index contributed by atoms with van der Waals surface area (Å²) in [5, 5.41) is 13.9. The van der Waals surface area contributed by atoms with Gasteiger partial charge in [-0.15, -0.1) is 0 Å². The molecule has 3 atom stereocenters. The second kappa shape index (κ2) is 48.5. The molecule has 0 radical (unpaired) electrons. The van der Waals surface area contributed by atoms with Crippen LogP contribution in [0.25, 0.3) is 0 Å². The summed E-state index contributed by atoms with van der Waals surface area (Å²) in [5.41, 5.74) is 0. The Morgan fingerprint density at radius 2 is 0.864 bits per heavy atom. The topological polar surface area (TPSA) is 105 Å². The highest BCUT2D eigenvalue weighted by Crippen LogP contribution is 2.43. The number of nitrogens with zero attached hydrogens (tertiary/aromatic N) is 1. The summed E-state index contributed by atoms with van der Waals surface area (Å²) in [5.74, 6) is -0.180. The van der Waals surface area contributed by atoms with Gasteiger partial charge >= 0.3 is 7.82 Å². The summed E-state index contributed by atoms with van der Waals surface area (Å²) in [6.07, 6.45) is 63.4. The van der Waals surface area contributed by atoms with Crippen molar-refractivity contribution in [2.75, 3.05) is 40.9 Å². The molecule has 1 amide bonds. The molecule has 0 aliphatic rings. The van der Waals surface area contributed by atoms with Crippen LogP contribution >= 0.6 is 7.82 Å². The number of phosphoric ester groups is 1. The van der Waals surface area contributed by atoms with Crippen molar-refractivity contribution in [2.45, 2.75) is 270 Å². The van der Waals surface area contributed by atoms with E-state index in [0.29, 0.717) is 17.4 Å². The van der Waals surface area contributed by atoms with Gasteiger partial charge in [-0.2, -0.15) is 0 Å². The second-order valence-electron chi connectivity index (χ2n) is 20.3. The van der Waals surface area contributed by atoms with Crippen molar-refractivity contribution in [3.8, 4) is 0 Å². The molecular formula is C57H110N2O6P+. The third kappa shape index (κ3) is 50.3. The molecule has 66 heavy (non-hydrogen) atoms. The maximum atomic E-state index is 13.0. The second-order valence-corrected chi connectivity index (χ2v) is 21.8. The highest BCUT2D eigenvalue weighted by Gasteiger charge is 2.27. The van der Waals surface area contributed by atoms with E-state index in [1.165, 1.54) is 186 Å². The minimum atomic E-state index is -4.35. The summed E-state index contributed by atoms with van der Waals surface area (Å²) >= 11 is 0. The summed E-state index contributed by atoms with van der Waals surface area (Å²) < 4.78 is 23.7. The maximum absolute atomic E-state index is 13.0. The third-order valence-electron chi connectivity index (χ3n) is 12.5. The van der Waals surface area contributed by atoms with E-state index in [1.54, 1.807) is 6.08 Å². The largest absolute Gasteiger partial charge is 0.472 e. The van der Waals surface area contributed by atoms with Crippen LogP contribution in [-0.4, -0.2) is 73.4 Å². The Morgan fingerprint density at radius 3 is 1.26 bits per heavy atom. The number of carbonyl (C=O) groups is 1. The van der Waals surface area contributed by atoms with Crippen LogP contribution < -0.4 is 5.32 Å². The van der Waals surface area contributed by atoms with Crippen molar-refractivity contribution in [3.63, 3.8) is 0 Å². The van der Waals surface area contributed by atoms with Crippen molar-refractivity contribution in [3.05, 3.63) is 48.6 Å². The Kier molecular flexibility index (Phi) is 47.4. The number of aliphatic hydroxyl groups is 1. The van der Waals surface area contributed by atoms with E-state index in [4.69, 9.17) is 9.05 Å². The molecular weight excluding hydrogens is 840 g/mol. The fraction of sp³-hybridized carbons (Fsp3) is 0.842. The summed E-state index contributed by atoms with van der Waals surface area (Å²) in [6.45, 7) is 4.82. The van der Waals surface area contributed by atoms with Gasteiger partial charge in [0.2, 0.25) is 5.91 Å². The number of rotatable bonds is 51. The first-order valence-corrected chi connectivity index (χ1v) is 29.5. The van der Waals surface area contributed by atoms with Crippen LogP contribution in [-0.2, 0) is 18.4 Å². The Labute approximate surface area is 409 Å². The fourth-order valence-corrected chi connectivity index (χ4v) is 8.84. The number of unbranched alkanes of at least 4 members (excludes halogenated alkanes) is 32. The highest BCUT2D eigenvalue weighted by molar-refractivity contribution is 7.47. The van der Waals surface area contributed by atoms with Crippen molar-refractivity contribution in [1.29, 1.82) is 0 Å². The van der Waals surface area contributed by atoms with Crippen molar-refractivity contribution in [2.24, 2.45) is 0 Å². The van der Waals surface area contributed by atoms with Gasteiger partial charge in [0, 0.05) is 6.42 Å². The average Bonchev–Trinajstić information content (AvgIpc) is 3.28. The molecule has 8 nitrogen and oxygen atoms in total. The number of likely N-dealkylation sites (N-methyl/N-ethyl adjacent to an activating group) is 1. The number of amides is 1. The van der Waals surface area contributed by atoms with Gasteiger partial charge < -0.3 is 19.8 Å². The summed E-state index contributed by atoms with van der Waals surface area (Å²) in [4.78, 5) is 23.3. The monoisotopic (exact) mass is 950 g/mol. The zero-order valence-electron chi connectivity index (χ0n) is 44.2. The minimum Gasteiger partial charge on any atom is -0.387 e. The van der Waals surface area contributed by atoms with Gasteiger partial charge in [-0.25, -0.2) is 4.57 Å². The first-order chi connectivity index (χ1) is 32.0. The molecule has 0 spiro atoms. The standard InChI is InChI=1S/C57H109N2O6P/c1-6-8-10-12-14-16-18-20-22-24-26-27-28-29-30-31-33-35-37-39-41-43-45-47-49-51-57(61)58-55(54-65-66(62,63)64-53-52-59(3,4)5)56(60)50-48-46-44-42-40-38-36-34-32-25-23-21-19-17-15-13-11-9-7-2/h18,20,24,26,28-29,48,50,55-56,60H,6-17,19,21-23,25,27,30-47,49,51-54H2,1-5H3,(H-,58,61,62,63)/p+1/b20-18-,26-24-,29-28-,50-48+. The number of aliphatic hydroxyl groups excluding tert-OH is 1. The SMILES string of the molecule is CCCCCCC/C=C\C/C=C\C/C=C\CCCCCCCCCCCCC(=O)NC(COP(=O)(O)OCC[N+](C)(C)C)C(O)/C=C/CCCCCCCCCCCCCCCCCCC. The molecule has 0 saturated carbocycles. The molecule has 9 heteroatoms. The van der Waals surface area contributed by atoms with Gasteiger partial charge in [0.05, 0.1) is 39.9 Å².